The number of carboxylic acid groups (broad SMARTS) is 1. The normalized spacial score (nSPS) is 10.8. The quantitative estimate of drug-likeness (QED) is 0.175. The highest BCUT2D eigenvalue weighted by atomic mass is 32.2. The first-order valence-electron chi connectivity index (χ1n) is 11.1. The molecule has 11 heteroatoms. The first-order valence-corrected chi connectivity index (χ1v) is 12.1. The molecule has 0 bridgehead atoms. The van der Waals surface area contributed by atoms with Crippen LogP contribution in [0.4, 0.5) is 0 Å². The SMILES string of the molecule is COc1ccc(-c2nnc(SCC(=O)N/N=C/c3ccccc3OCC(=O)O)n2-c2ccccc2)cc1. The van der Waals surface area contributed by atoms with E-state index in [1.807, 2.05) is 59.2 Å². The Labute approximate surface area is 217 Å². The molecule has 4 aromatic rings. The smallest absolute Gasteiger partial charge is 0.341 e. The van der Waals surface area contributed by atoms with Gasteiger partial charge in [-0.05, 0) is 48.5 Å². The monoisotopic (exact) mass is 517 g/mol. The van der Waals surface area contributed by atoms with Crippen molar-refractivity contribution in [2.75, 3.05) is 19.5 Å². The Kier molecular flexibility index (Phi) is 8.50. The summed E-state index contributed by atoms with van der Waals surface area (Å²) in [6.45, 7) is -0.478. The number of rotatable bonds is 11. The molecule has 188 valence electrons. The minimum atomic E-state index is -1.09. The summed E-state index contributed by atoms with van der Waals surface area (Å²) in [5.41, 5.74) is 4.71. The third kappa shape index (κ3) is 6.73. The highest BCUT2D eigenvalue weighted by molar-refractivity contribution is 7.99. The van der Waals surface area contributed by atoms with Crippen LogP contribution in [-0.2, 0) is 9.59 Å². The lowest BCUT2D eigenvalue weighted by atomic mass is 10.2. The zero-order valence-corrected chi connectivity index (χ0v) is 20.6. The van der Waals surface area contributed by atoms with Gasteiger partial charge in [-0.15, -0.1) is 10.2 Å². The number of carboxylic acids is 1. The summed E-state index contributed by atoms with van der Waals surface area (Å²) in [4.78, 5) is 23.2. The first kappa shape index (κ1) is 25.5. The molecule has 0 aliphatic heterocycles. The van der Waals surface area contributed by atoms with E-state index in [0.29, 0.717) is 22.3 Å². The van der Waals surface area contributed by atoms with E-state index in [0.717, 1.165) is 17.0 Å². The number of hydrogen-bond donors (Lipinski definition) is 2. The van der Waals surface area contributed by atoms with Gasteiger partial charge in [-0.1, -0.05) is 42.1 Å². The molecule has 0 saturated heterocycles. The number of benzene rings is 3. The highest BCUT2D eigenvalue weighted by Gasteiger charge is 2.17. The van der Waals surface area contributed by atoms with Crippen LogP contribution in [0.25, 0.3) is 17.1 Å². The number of methoxy groups -OCH3 is 1. The van der Waals surface area contributed by atoms with Crippen molar-refractivity contribution in [2.45, 2.75) is 5.16 Å². The zero-order valence-electron chi connectivity index (χ0n) is 19.8. The van der Waals surface area contributed by atoms with Gasteiger partial charge in [0.05, 0.1) is 19.1 Å². The fourth-order valence-corrected chi connectivity index (χ4v) is 4.04. The average Bonchev–Trinajstić information content (AvgIpc) is 3.36. The number of carbonyl (C=O) groups is 2. The number of aliphatic carboxylic acids is 1. The molecule has 0 saturated carbocycles. The Bertz CT molecular complexity index is 1390. The van der Waals surface area contributed by atoms with Crippen LogP contribution in [-0.4, -0.2) is 57.4 Å². The van der Waals surface area contributed by atoms with Gasteiger partial charge in [0.2, 0.25) is 0 Å². The van der Waals surface area contributed by atoms with Crippen molar-refractivity contribution in [3.63, 3.8) is 0 Å². The number of thioether (sulfide) groups is 1. The maximum absolute atomic E-state index is 12.5. The Hall–Kier alpha value is -4.64. The predicted octanol–water partition coefficient (Wildman–Crippen LogP) is 3.65. The van der Waals surface area contributed by atoms with E-state index < -0.39 is 12.6 Å². The number of para-hydroxylation sites is 2. The lowest BCUT2D eigenvalue weighted by Gasteiger charge is -2.10. The Morgan fingerprint density at radius 2 is 1.76 bits per heavy atom. The van der Waals surface area contributed by atoms with Gasteiger partial charge in [-0.3, -0.25) is 9.36 Å². The van der Waals surface area contributed by atoms with Crippen LogP contribution in [0.1, 0.15) is 5.56 Å². The largest absolute Gasteiger partial charge is 0.497 e. The molecule has 0 atom stereocenters. The Morgan fingerprint density at radius 3 is 2.49 bits per heavy atom. The van der Waals surface area contributed by atoms with E-state index in [1.54, 1.807) is 31.4 Å². The molecule has 0 radical (unpaired) electrons. The van der Waals surface area contributed by atoms with Gasteiger partial charge in [-0.2, -0.15) is 5.10 Å². The molecule has 2 N–H and O–H groups in total. The van der Waals surface area contributed by atoms with E-state index in [2.05, 4.69) is 20.7 Å². The number of carbonyl (C=O) groups excluding carboxylic acids is 1. The number of hydrazone groups is 1. The topological polar surface area (TPSA) is 128 Å². The molecule has 0 aliphatic rings. The van der Waals surface area contributed by atoms with Gasteiger partial charge in [0.15, 0.2) is 17.6 Å². The number of amides is 1. The number of ether oxygens (including phenoxy) is 2. The average molecular weight is 518 g/mol. The van der Waals surface area contributed by atoms with Crippen LogP contribution in [0.3, 0.4) is 0 Å². The third-order valence-corrected chi connectivity index (χ3v) is 5.92. The molecular weight excluding hydrogens is 494 g/mol. The van der Waals surface area contributed by atoms with Crippen molar-refractivity contribution in [2.24, 2.45) is 5.10 Å². The second kappa shape index (κ2) is 12.4. The van der Waals surface area contributed by atoms with Crippen molar-refractivity contribution in [1.82, 2.24) is 20.2 Å². The Balaban J connectivity index is 1.45. The second-order valence-corrected chi connectivity index (χ2v) is 8.45. The van der Waals surface area contributed by atoms with Crippen molar-refractivity contribution in [3.05, 3.63) is 84.4 Å². The number of nitrogens with one attached hydrogen (secondary N) is 1. The molecule has 0 spiro atoms. The maximum Gasteiger partial charge on any atom is 0.341 e. The van der Waals surface area contributed by atoms with E-state index in [-0.39, 0.29) is 11.7 Å². The van der Waals surface area contributed by atoms with Gasteiger partial charge in [0.1, 0.15) is 11.5 Å². The number of hydrogen-bond acceptors (Lipinski definition) is 8. The maximum atomic E-state index is 12.5. The van der Waals surface area contributed by atoms with Gasteiger partial charge in [-0.25, -0.2) is 10.2 Å². The molecule has 1 amide bonds. The summed E-state index contributed by atoms with van der Waals surface area (Å²) < 4.78 is 12.4. The van der Waals surface area contributed by atoms with Crippen LogP contribution in [0.5, 0.6) is 11.5 Å². The van der Waals surface area contributed by atoms with Crippen molar-refractivity contribution in [3.8, 4) is 28.6 Å². The van der Waals surface area contributed by atoms with E-state index in [1.165, 1.54) is 18.0 Å². The van der Waals surface area contributed by atoms with E-state index in [9.17, 15) is 9.59 Å². The zero-order chi connectivity index (χ0) is 26.0. The molecular formula is C26H23N5O5S. The van der Waals surface area contributed by atoms with Crippen molar-refractivity contribution < 1.29 is 24.2 Å². The predicted molar refractivity (Wildman–Crippen MR) is 139 cm³/mol. The highest BCUT2D eigenvalue weighted by Crippen LogP contribution is 2.29. The summed E-state index contributed by atoms with van der Waals surface area (Å²) in [5, 5.41) is 22.0. The van der Waals surface area contributed by atoms with Crippen LogP contribution < -0.4 is 14.9 Å². The van der Waals surface area contributed by atoms with Gasteiger partial charge >= 0.3 is 5.97 Å². The molecule has 0 aliphatic carbocycles. The lowest BCUT2D eigenvalue weighted by Crippen LogP contribution is -2.20. The minimum Gasteiger partial charge on any atom is -0.497 e. The minimum absolute atomic E-state index is 0.0437. The van der Waals surface area contributed by atoms with Gasteiger partial charge < -0.3 is 14.6 Å². The third-order valence-electron chi connectivity index (χ3n) is 4.99. The molecule has 37 heavy (non-hydrogen) atoms. The second-order valence-electron chi connectivity index (χ2n) is 7.51. The molecule has 0 unspecified atom stereocenters. The van der Waals surface area contributed by atoms with Crippen LogP contribution in [0.15, 0.2) is 89.1 Å². The van der Waals surface area contributed by atoms with Crippen LogP contribution in [0.2, 0.25) is 0 Å². The molecule has 3 aromatic carbocycles. The number of aromatic nitrogens is 3. The molecule has 1 aromatic heterocycles. The van der Waals surface area contributed by atoms with Gasteiger partial charge in [0.25, 0.3) is 5.91 Å². The molecule has 0 fully saturated rings. The molecule has 1 heterocycles. The van der Waals surface area contributed by atoms with Crippen LogP contribution in [0, 0.1) is 0 Å². The van der Waals surface area contributed by atoms with Crippen LogP contribution >= 0.6 is 11.8 Å². The van der Waals surface area contributed by atoms with Crippen molar-refractivity contribution >= 4 is 29.9 Å². The lowest BCUT2D eigenvalue weighted by molar-refractivity contribution is -0.139. The molecule has 10 nitrogen and oxygen atoms in total. The summed E-state index contributed by atoms with van der Waals surface area (Å²) >= 11 is 1.22. The van der Waals surface area contributed by atoms with Gasteiger partial charge in [0, 0.05) is 16.8 Å². The standard InChI is InChI=1S/C26H23N5O5S/c1-35-21-13-11-18(12-14-21)25-29-30-26(31(25)20-8-3-2-4-9-20)37-17-23(32)28-27-15-19-7-5-6-10-22(19)36-16-24(33)34/h2-15H,16-17H2,1H3,(H,28,32)(H,33,34)/b27-15+. The van der Waals surface area contributed by atoms with E-state index in [4.69, 9.17) is 14.6 Å². The summed E-state index contributed by atoms with van der Waals surface area (Å²) in [6, 6.07) is 23.9. The fourth-order valence-electron chi connectivity index (χ4n) is 3.29. The summed E-state index contributed by atoms with van der Waals surface area (Å²) in [6.07, 6.45) is 1.40. The fraction of sp³-hybridized carbons (Fsp3) is 0.115. The summed E-state index contributed by atoms with van der Waals surface area (Å²) in [7, 11) is 1.61. The Morgan fingerprint density at radius 1 is 1.03 bits per heavy atom. The molecule has 4 rings (SSSR count). The van der Waals surface area contributed by atoms with Crippen molar-refractivity contribution in [1.29, 1.82) is 0 Å². The summed E-state index contributed by atoms with van der Waals surface area (Å²) in [5.74, 6) is 0.320. The first-order chi connectivity index (χ1) is 18.0. The van der Waals surface area contributed by atoms with E-state index >= 15 is 0 Å². The number of nitrogens with zero attached hydrogens (tertiary/aromatic N) is 4.